The maximum Gasteiger partial charge on any atom is 0.414 e. The largest absolute Gasteiger partial charge is 0.414 e. The molecular weight excluding hydrogens is 445 g/mol. The lowest BCUT2D eigenvalue weighted by Gasteiger charge is -2.46. The van der Waals surface area contributed by atoms with Crippen molar-refractivity contribution < 1.29 is 31.4 Å². The number of anilines is 1. The van der Waals surface area contributed by atoms with Gasteiger partial charge in [0, 0.05) is 44.2 Å². The molecule has 3 atom stereocenters. The monoisotopic (exact) mass is 478 g/mol. The number of hydrogen-bond donors (Lipinski definition) is 1. The second-order valence-corrected chi connectivity index (χ2v) is 11.3. The Labute approximate surface area is 188 Å². The molecule has 0 aromatic heterocycles. The van der Waals surface area contributed by atoms with Gasteiger partial charge < -0.3 is 14.7 Å². The van der Waals surface area contributed by atoms with Crippen LogP contribution in [0.1, 0.15) is 32.3 Å². The number of ether oxygens (including phenoxy) is 1. The molecule has 1 aromatic rings. The summed E-state index contributed by atoms with van der Waals surface area (Å²) in [5.41, 5.74) is 1.17. The molecule has 3 rings (SSSR count). The third-order valence-corrected chi connectivity index (χ3v) is 7.70. The van der Waals surface area contributed by atoms with Crippen LogP contribution >= 0.6 is 0 Å². The highest BCUT2D eigenvalue weighted by Gasteiger charge is 2.43. The molecule has 2 saturated heterocycles. The van der Waals surface area contributed by atoms with Gasteiger partial charge in [0.2, 0.25) is 0 Å². The van der Waals surface area contributed by atoms with Crippen molar-refractivity contribution in [3.05, 3.63) is 23.8 Å². The van der Waals surface area contributed by atoms with Crippen molar-refractivity contribution in [1.29, 1.82) is 0 Å². The Morgan fingerprint density at radius 3 is 2.47 bits per heavy atom. The van der Waals surface area contributed by atoms with Gasteiger partial charge in [-0.25, -0.2) is 8.42 Å². The summed E-state index contributed by atoms with van der Waals surface area (Å²) in [6.07, 6.45) is -4.31. The number of benzene rings is 1. The van der Waals surface area contributed by atoms with E-state index in [0.717, 1.165) is 18.5 Å². The van der Waals surface area contributed by atoms with Crippen LogP contribution < -0.4 is 4.90 Å². The lowest BCUT2D eigenvalue weighted by atomic mass is 9.93. The first kappa shape index (κ1) is 25.3. The molecule has 1 unspecified atom stereocenters. The van der Waals surface area contributed by atoms with Crippen LogP contribution in [0.3, 0.4) is 0 Å². The van der Waals surface area contributed by atoms with Crippen molar-refractivity contribution in [1.82, 2.24) is 4.90 Å². The third-order valence-electron chi connectivity index (χ3n) is 6.52. The van der Waals surface area contributed by atoms with Crippen molar-refractivity contribution in [2.75, 3.05) is 43.9 Å². The lowest BCUT2D eigenvalue weighted by Crippen LogP contribution is -2.57. The predicted molar refractivity (Wildman–Crippen MR) is 116 cm³/mol. The molecule has 2 heterocycles. The van der Waals surface area contributed by atoms with Crippen LogP contribution in [0.15, 0.2) is 23.1 Å². The van der Waals surface area contributed by atoms with E-state index in [1.165, 1.54) is 0 Å². The average Bonchev–Trinajstić information content (AvgIpc) is 2.72. The minimum Gasteiger partial charge on any atom is -0.392 e. The van der Waals surface area contributed by atoms with Crippen LogP contribution in [0, 0.1) is 11.8 Å². The summed E-state index contributed by atoms with van der Waals surface area (Å²) in [7, 11) is -3.47. The van der Waals surface area contributed by atoms with Gasteiger partial charge in [0.1, 0.15) is 0 Å². The van der Waals surface area contributed by atoms with E-state index in [1.807, 2.05) is 6.07 Å². The van der Waals surface area contributed by atoms with Gasteiger partial charge in [0.15, 0.2) is 15.9 Å². The van der Waals surface area contributed by atoms with Crippen LogP contribution in [-0.4, -0.2) is 75.8 Å². The van der Waals surface area contributed by atoms with E-state index < -0.39 is 22.1 Å². The summed E-state index contributed by atoms with van der Waals surface area (Å²) >= 11 is 0. The van der Waals surface area contributed by atoms with E-state index in [-0.39, 0.29) is 36.5 Å². The highest BCUT2D eigenvalue weighted by atomic mass is 32.2. The minimum absolute atomic E-state index is 0.00590. The Bertz CT molecular complexity index is 884. The van der Waals surface area contributed by atoms with Gasteiger partial charge in [-0.15, -0.1) is 0 Å². The highest BCUT2D eigenvalue weighted by Crippen LogP contribution is 2.33. The molecule has 0 radical (unpaired) electrons. The molecule has 2 aliphatic rings. The maximum absolute atomic E-state index is 12.9. The number of hydrogen-bond acceptors (Lipinski definition) is 6. The zero-order chi connectivity index (χ0) is 23.7. The van der Waals surface area contributed by atoms with Gasteiger partial charge in [-0.05, 0) is 42.4 Å². The van der Waals surface area contributed by atoms with E-state index >= 15 is 0 Å². The molecule has 0 saturated carbocycles. The molecular formula is C22H33F3N2O4S. The van der Waals surface area contributed by atoms with Crippen LogP contribution in [0.25, 0.3) is 0 Å². The zero-order valence-corrected chi connectivity index (χ0v) is 19.6. The van der Waals surface area contributed by atoms with Crippen molar-refractivity contribution in [2.45, 2.75) is 56.5 Å². The molecule has 0 spiro atoms. The lowest BCUT2D eigenvalue weighted by molar-refractivity contribution is -0.236. The number of rotatable bonds is 6. The minimum atomic E-state index is -4.30. The van der Waals surface area contributed by atoms with Gasteiger partial charge in [-0.2, -0.15) is 13.2 Å². The molecule has 2 aliphatic heterocycles. The number of piperazine rings is 1. The Hall–Kier alpha value is -1.36. The molecule has 0 amide bonds. The van der Waals surface area contributed by atoms with Gasteiger partial charge in [0.25, 0.3) is 0 Å². The molecule has 0 aliphatic carbocycles. The topological polar surface area (TPSA) is 70.1 Å². The zero-order valence-electron chi connectivity index (χ0n) is 18.8. The normalized spacial score (nSPS) is 26.0. The fourth-order valence-electron chi connectivity index (χ4n) is 4.70. The summed E-state index contributed by atoms with van der Waals surface area (Å²) in [5.74, 6) is 0.387. The van der Waals surface area contributed by atoms with E-state index in [0.29, 0.717) is 37.5 Å². The van der Waals surface area contributed by atoms with E-state index in [1.54, 1.807) is 12.1 Å². The number of sulfone groups is 1. The Morgan fingerprint density at radius 1 is 1.22 bits per heavy atom. The van der Waals surface area contributed by atoms with E-state index in [2.05, 4.69) is 23.6 Å². The summed E-state index contributed by atoms with van der Waals surface area (Å²) in [6.45, 7) is 6.82. The van der Waals surface area contributed by atoms with Crippen LogP contribution in [-0.2, 0) is 21.2 Å². The molecule has 2 fully saturated rings. The fraction of sp³-hybridized carbons (Fsp3) is 0.727. The SMILES string of the molecule is CC(C)[C@H]1CN(c2ccc(CO)c(S(C)(=O)=O)c2)CCN1C[C@@H]1CCC(C(F)(F)F)OC1. The predicted octanol–water partition coefficient (Wildman–Crippen LogP) is 3.09. The molecule has 182 valence electrons. The van der Waals surface area contributed by atoms with Crippen LogP contribution in [0.5, 0.6) is 0 Å². The highest BCUT2D eigenvalue weighted by molar-refractivity contribution is 7.90. The Balaban J connectivity index is 1.68. The number of halogens is 3. The Morgan fingerprint density at radius 2 is 1.94 bits per heavy atom. The molecule has 0 bridgehead atoms. The third kappa shape index (κ3) is 5.95. The number of aliphatic hydroxyl groups excluding tert-OH is 1. The van der Waals surface area contributed by atoms with Gasteiger partial charge in [0.05, 0.1) is 18.1 Å². The summed E-state index contributed by atoms with van der Waals surface area (Å²) < 4.78 is 68.0. The molecule has 6 nitrogen and oxygen atoms in total. The second-order valence-electron chi connectivity index (χ2n) is 9.28. The smallest absolute Gasteiger partial charge is 0.392 e. The summed E-state index contributed by atoms with van der Waals surface area (Å²) in [6, 6.07) is 5.29. The fourth-order valence-corrected chi connectivity index (χ4v) is 5.64. The van der Waals surface area contributed by atoms with Gasteiger partial charge in [-0.3, -0.25) is 4.90 Å². The maximum atomic E-state index is 12.9. The first-order chi connectivity index (χ1) is 14.9. The van der Waals surface area contributed by atoms with Gasteiger partial charge in [-0.1, -0.05) is 19.9 Å². The summed E-state index contributed by atoms with van der Waals surface area (Å²) in [4.78, 5) is 4.62. The first-order valence-electron chi connectivity index (χ1n) is 11.0. The molecule has 1 N–H and O–H groups in total. The molecule has 10 heteroatoms. The quantitative estimate of drug-likeness (QED) is 0.678. The van der Waals surface area contributed by atoms with Crippen molar-refractivity contribution in [3.63, 3.8) is 0 Å². The van der Waals surface area contributed by atoms with Crippen molar-refractivity contribution >= 4 is 15.5 Å². The average molecular weight is 479 g/mol. The molecule has 1 aromatic carbocycles. The standard InChI is InChI=1S/C22H33F3N2O4S/c1-15(2)19-12-26(18-6-5-17(13-28)20(10-18)32(3,29)30)8-9-27(19)11-16-4-7-21(31-14-16)22(23,24)25/h5-6,10,15-16,19,21,28H,4,7-9,11-14H2,1-3H3/t16-,19+,21?/m0/s1. The first-order valence-corrected chi connectivity index (χ1v) is 12.9. The number of alkyl halides is 3. The summed E-state index contributed by atoms with van der Waals surface area (Å²) in [5, 5.41) is 9.49. The van der Waals surface area contributed by atoms with Crippen LogP contribution in [0.4, 0.5) is 18.9 Å². The second kappa shape index (κ2) is 9.87. The molecule has 32 heavy (non-hydrogen) atoms. The Kier molecular flexibility index (Phi) is 7.79. The van der Waals surface area contributed by atoms with E-state index in [9.17, 15) is 26.7 Å². The number of aliphatic hydroxyl groups is 1. The van der Waals surface area contributed by atoms with Crippen molar-refractivity contribution in [2.24, 2.45) is 11.8 Å². The van der Waals surface area contributed by atoms with Gasteiger partial charge >= 0.3 is 6.18 Å². The van der Waals surface area contributed by atoms with Crippen molar-refractivity contribution in [3.8, 4) is 0 Å². The number of nitrogens with zero attached hydrogens (tertiary/aromatic N) is 2. The van der Waals surface area contributed by atoms with Crippen LogP contribution in [0.2, 0.25) is 0 Å². The van der Waals surface area contributed by atoms with E-state index in [4.69, 9.17) is 4.74 Å².